The molecule has 0 radical (unpaired) electrons. The van der Waals surface area contributed by atoms with E-state index in [4.69, 9.17) is 0 Å². The highest BCUT2D eigenvalue weighted by Crippen LogP contribution is 2.18. The Bertz CT molecular complexity index is 377. The second kappa shape index (κ2) is 6.66. The molecule has 1 N–H and O–H groups in total. The average molecular weight is 246 g/mol. The molecule has 1 aliphatic heterocycles. The summed E-state index contributed by atoms with van der Waals surface area (Å²) < 4.78 is 0. The third-order valence-electron chi connectivity index (χ3n) is 3.57. The van der Waals surface area contributed by atoms with E-state index in [1.54, 1.807) is 0 Å². The smallest absolute Gasteiger partial charge is 0.142 e. The van der Waals surface area contributed by atoms with Gasteiger partial charge in [-0.1, -0.05) is 30.3 Å². The Morgan fingerprint density at radius 1 is 1.22 bits per heavy atom. The first-order chi connectivity index (χ1) is 8.77. The molecule has 0 aliphatic carbocycles. The van der Waals surface area contributed by atoms with Crippen molar-refractivity contribution in [3.8, 4) is 0 Å². The molecule has 1 heterocycles. The van der Waals surface area contributed by atoms with Gasteiger partial charge in [-0.15, -0.1) is 0 Å². The standard InChI is InChI=1S/C15H22N2O/c1-17-10-5-9-16-12-14(15(18)8-11-17)13-6-3-2-4-7-13/h2-4,6-7,14,16H,5,8-12H2,1H3. The van der Waals surface area contributed by atoms with Gasteiger partial charge in [0.05, 0.1) is 5.92 Å². The van der Waals surface area contributed by atoms with Crippen molar-refractivity contribution in [2.75, 3.05) is 33.2 Å². The van der Waals surface area contributed by atoms with Gasteiger partial charge in [0.15, 0.2) is 0 Å². The van der Waals surface area contributed by atoms with Crippen LogP contribution in [0.5, 0.6) is 0 Å². The summed E-state index contributed by atoms with van der Waals surface area (Å²) >= 11 is 0. The number of nitrogens with one attached hydrogen (secondary N) is 1. The molecule has 1 saturated heterocycles. The molecule has 0 bridgehead atoms. The van der Waals surface area contributed by atoms with Crippen LogP contribution >= 0.6 is 0 Å². The molecule has 2 rings (SSSR count). The molecule has 1 aliphatic rings. The number of benzene rings is 1. The van der Waals surface area contributed by atoms with Gasteiger partial charge in [0.25, 0.3) is 0 Å². The van der Waals surface area contributed by atoms with Gasteiger partial charge >= 0.3 is 0 Å². The minimum Gasteiger partial charge on any atom is -0.316 e. The molecular weight excluding hydrogens is 224 g/mol. The van der Waals surface area contributed by atoms with Gasteiger partial charge < -0.3 is 10.2 Å². The molecule has 1 unspecified atom stereocenters. The van der Waals surface area contributed by atoms with E-state index in [2.05, 4.69) is 29.4 Å². The van der Waals surface area contributed by atoms with Crippen molar-refractivity contribution in [3.63, 3.8) is 0 Å². The zero-order valence-corrected chi connectivity index (χ0v) is 11.1. The minimum absolute atomic E-state index is 0.0118. The number of hydrogen-bond acceptors (Lipinski definition) is 3. The van der Waals surface area contributed by atoms with Crippen LogP contribution in [0.4, 0.5) is 0 Å². The molecule has 0 saturated carbocycles. The molecule has 3 nitrogen and oxygen atoms in total. The second-order valence-corrected chi connectivity index (χ2v) is 5.04. The molecule has 3 heteroatoms. The van der Waals surface area contributed by atoms with Crippen molar-refractivity contribution < 1.29 is 4.79 Å². The van der Waals surface area contributed by atoms with Crippen LogP contribution in [0.15, 0.2) is 30.3 Å². The first-order valence-corrected chi connectivity index (χ1v) is 6.74. The topological polar surface area (TPSA) is 32.3 Å². The van der Waals surface area contributed by atoms with E-state index < -0.39 is 0 Å². The highest BCUT2D eigenvalue weighted by atomic mass is 16.1. The summed E-state index contributed by atoms with van der Waals surface area (Å²) in [6.07, 6.45) is 1.80. The van der Waals surface area contributed by atoms with Crippen molar-refractivity contribution in [3.05, 3.63) is 35.9 Å². The van der Waals surface area contributed by atoms with E-state index in [0.29, 0.717) is 12.2 Å². The minimum atomic E-state index is 0.0118. The maximum atomic E-state index is 12.3. The van der Waals surface area contributed by atoms with Crippen LogP contribution in [0.25, 0.3) is 0 Å². The Hall–Kier alpha value is -1.19. The predicted octanol–water partition coefficient (Wildman–Crippen LogP) is 1.65. The van der Waals surface area contributed by atoms with E-state index in [1.807, 2.05) is 18.2 Å². The van der Waals surface area contributed by atoms with E-state index >= 15 is 0 Å². The predicted molar refractivity (Wildman–Crippen MR) is 73.8 cm³/mol. The SMILES string of the molecule is CN1CCCNCC(c2ccccc2)C(=O)CC1. The van der Waals surface area contributed by atoms with Crippen molar-refractivity contribution in [1.82, 2.24) is 10.2 Å². The zero-order valence-electron chi connectivity index (χ0n) is 11.1. The monoisotopic (exact) mass is 246 g/mol. The molecule has 1 aromatic carbocycles. The Morgan fingerprint density at radius 3 is 2.78 bits per heavy atom. The van der Waals surface area contributed by atoms with Crippen LogP contribution in [0.3, 0.4) is 0 Å². The van der Waals surface area contributed by atoms with Crippen molar-refractivity contribution in [2.45, 2.75) is 18.8 Å². The summed E-state index contributed by atoms with van der Waals surface area (Å²) in [5, 5.41) is 3.41. The summed E-state index contributed by atoms with van der Waals surface area (Å²) in [6, 6.07) is 10.1. The molecule has 1 atom stereocenters. The van der Waals surface area contributed by atoms with Gasteiger partial charge in [-0.05, 0) is 32.1 Å². The van der Waals surface area contributed by atoms with Gasteiger partial charge in [-0.3, -0.25) is 4.79 Å². The molecule has 0 amide bonds. The number of hydrogen-bond donors (Lipinski definition) is 1. The van der Waals surface area contributed by atoms with Gasteiger partial charge in [0.1, 0.15) is 5.78 Å². The lowest BCUT2D eigenvalue weighted by Crippen LogP contribution is -2.34. The molecule has 0 spiro atoms. The van der Waals surface area contributed by atoms with E-state index in [0.717, 1.165) is 38.2 Å². The second-order valence-electron chi connectivity index (χ2n) is 5.04. The Morgan fingerprint density at radius 2 is 2.00 bits per heavy atom. The molecule has 1 fully saturated rings. The summed E-state index contributed by atoms with van der Waals surface area (Å²) in [4.78, 5) is 14.6. The van der Waals surface area contributed by atoms with E-state index in [9.17, 15) is 4.79 Å². The third-order valence-corrected chi connectivity index (χ3v) is 3.57. The summed E-state index contributed by atoms with van der Waals surface area (Å²) in [5.41, 5.74) is 1.14. The molecule has 1 aromatic rings. The number of rotatable bonds is 1. The Labute approximate surface area is 109 Å². The molecule has 98 valence electrons. The van der Waals surface area contributed by atoms with Crippen LogP contribution in [-0.2, 0) is 4.79 Å². The summed E-state index contributed by atoms with van der Waals surface area (Å²) in [7, 11) is 2.09. The number of nitrogens with zero attached hydrogens (tertiary/aromatic N) is 1. The maximum absolute atomic E-state index is 12.3. The molecule has 0 aromatic heterocycles. The normalized spacial score (nSPS) is 23.8. The largest absolute Gasteiger partial charge is 0.316 e. The van der Waals surface area contributed by atoms with Gasteiger partial charge in [0.2, 0.25) is 0 Å². The fourth-order valence-electron chi connectivity index (χ4n) is 2.41. The Kier molecular flexibility index (Phi) is 4.90. The maximum Gasteiger partial charge on any atom is 0.142 e. The lowest BCUT2D eigenvalue weighted by atomic mass is 9.92. The van der Waals surface area contributed by atoms with Crippen LogP contribution in [0.1, 0.15) is 24.3 Å². The van der Waals surface area contributed by atoms with E-state index in [-0.39, 0.29) is 5.92 Å². The number of ketones is 1. The van der Waals surface area contributed by atoms with Gasteiger partial charge in [-0.2, -0.15) is 0 Å². The van der Waals surface area contributed by atoms with Crippen LogP contribution < -0.4 is 5.32 Å². The first-order valence-electron chi connectivity index (χ1n) is 6.74. The molecule has 18 heavy (non-hydrogen) atoms. The first kappa shape index (κ1) is 13.2. The molecular formula is C15H22N2O. The van der Waals surface area contributed by atoms with Crippen molar-refractivity contribution in [1.29, 1.82) is 0 Å². The third kappa shape index (κ3) is 3.65. The lowest BCUT2D eigenvalue weighted by molar-refractivity contribution is -0.120. The van der Waals surface area contributed by atoms with Gasteiger partial charge in [0, 0.05) is 19.5 Å². The fourth-order valence-corrected chi connectivity index (χ4v) is 2.41. The fraction of sp³-hybridized carbons (Fsp3) is 0.533. The summed E-state index contributed by atoms with van der Waals surface area (Å²) in [6.45, 7) is 3.70. The highest BCUT2D eigenvalue weighted by molar-refractivity contribution is 5.86. The highest BCUT2D eigenvalue weighted by Gasteiger charge is 2.20. The van der Waals surface area contributed by atoms with Gasteiger partial charge in [-0.25, -0.2) is 0 Å². The van der Waals surface area contributed by atoms with Crippen molar-refractivity contribution >= 4 is 5.78 Å². The Balaban J connectivity index is 2.08. The number of Topliss-reactive ketones (excluding diaryl/α,β-unsaturated/α-hetero) is 1. The quantitative estimate of drug-likeness (QED) is 0.818. The van der Waals surface area contributed by atoms with Crippen LogP contribution in [0.2, 0.25) is 0 Å². The number of carbonyl (C=O) groups excluding carboxylic acids is 1. The number of carbonyl (C=O) groups is 1. The lowest BCUT2D eigenvalue weighted by Gasteiger charge is -2.22. The summed E-state index contributed by atoms with van der Waals surface area (Å²) in [5.74, 6) is 0.361. The average Bonchev–Trinajstić information content (AvgIpc) is 2.41. The zero-order chi connectivity index (χ0) is 12.8. The van der Waals surface area contributed by atoms with E-state index in [1.165, 1.54) is 0 Å². The van der Waals surface area contributed by atoms with Crippen molar-refractivity contribution in [2.24, 2.45) is 0 Å². The van der Waals surface area contributed by atoms with Crippen LogP contribution in [0, 0.1) is 0 Å². The van der Waals surface area contributed by atoms with Crippen LogP contribution in [-0.4, -0.2) is 43.9 Å².